The predicted molar refractivity (Wildman–Crippen MR) is 102 cm³/mol. The number of amides is 3. The molecule has 1 atom stereocenters. The van der Waals surface area contributed by atoms with E-state index in [1.54, 1.807) is 0 Å². The van der Waals surface area contributed by atoms with Gasteiger partial charge in [-0.05, 0) is 72.9 Å². The molecule has 0 saturated carbocycles. The fourth-order valence-electron chi connectivity index (χ4n) is 3.97. The van der Waals surface area contributed by atoms with E-state index in [1.807, 2.05) is 0 Å². The van der Waals surface area contributed by atoms with Gasteiger partial charge in [0, 0.05) is 11.9 Å². The first-order valence-corrected chi connectivity index (χ1v) is 10.1. The van der Waals surface area contributed by atoms with Crippen molar-refractivity contribution < 1.29 is 13.8 Å². The smallest absolute Gasteiger partial charge is 0.331 e. The highest BCUT2D eigenvalue weighted by molar-refractivity contribution is 7.83. The van der Waals surface area contributed by atoms with Gasteiger partial charge >= 0.3 is 6.03 Å². The summed E-state index contributed by atoms with van der Waals surface area (Å²) in [6, 6.07) is 4.71. The summed E-state index contributed by atoms with van der Waals surface area (Å²) in [7, 11) is -1.94. The first-order chi connectivity index (χ1) is 13.0. The number of hydrogen-bond donors (Lipinski definition) is 3. The minimum atomic E-state index is -1.94. The van der Waals surface area contributed by atoms with Crippen molar-refractivity contribution in [1.29, 1.82) is 0 Å². The molecule has 2 aliphatic rings. The van der Waals surface area contributed by atoms with Crippen molar-refractivity contribution in [2.45, 2.75) is 43.4 Å². The summed E-state index contributed by atoms with van der Waals surface area (Å²) >= 11 is 0. The van der Waals surface area contributed by atoms with Crippen molar-refractivity contribution in [2.75, 3.05) is 5.32 Å². The Morgan fingerprint density at radius 2 is 1.74 bits per heavy atom. The molecule has 4 rings (SSSR count). The van der Waals surface area contributed by atoms with E-state index in [4.69, 9.17) is 5.73 Å². The summed E-state index contributed by atoms with van der Waals surface area (Å²) in [5.41, 5.74) is 11.0. The third kappa shape index (κ3) is 3.32. The van der Waals surface area contributed by atoms with E-state index in [2.05, 4.69) is 21.1 Å². The van der Waals surface area contributed by atoms with Gasteiger partial charge < -0.3 is 11.1 Å². The molecule has 0 spiro atoms. The van der Waals surface area contributed by atoms with Gasteiger partial charge in [-0.15, -0.1) is 0 Å². The van der Waals surface area contributed by atoms with Gasteiger partial charge in [0.2, 0.25) is 0 Å². The van der Waals surface area contributed by atoms with Gasteiger partial charge in [-0.2, -0.15) is 0 Å². The summed E-state index contributed by atoms with van der Waals surface area (Å²) in [6.45, 7) is 0. The monoisotopic (exact) mass is 384 g/mol. The fraction of sp³-hybridized carbons (Fsp3) is 0.316. The average molecular weight is 384 g/mol. The van der Waals surface area contributed by atoms with Crippen LogP contribution in [0.2, 0.25) is 0 Å². The van der Waals surface area contributed by atoms with Crippen LogP contribution < -0.4 is 15.8 Å². The van der Waals surface area contributed by atoms with Gasteiger partial charge in [0.15, 0.2) is 11.0 Å². The van der Waals surface area contributed by atoms with E-state index in [0.717, 1.165) is 44.2 Å². The lowest BCUT2D eigenvalue weighted by Gasteiger charge is -2.16. The average Bonchev–Trinajstić information content (AvgIpc) is 3.30. The third-order valence-corrected chi connectivity index (χ3v) is 6.20. The largest absolute Gasteiger partial charge is 0.364 e. The first-order valence-electron chi connectivity index (χ1n) is 8.95. The van der Waals surface area contributed by atoms with Gasteiger partial charge in [0.05, 0.1) is 4.90 Å². The minimum Gasteiger partial charge on any atom is -0.364 e. The molecule has 1 heterocycles. The topological polar surface area (TPSA) is 114 Å². The van der Waals surface area contributed by atoms with Crippen LogP contribution in [-0.4, -0.2) is 21.1 Å². The van der Waals surface area contributed by atoms with E-state index >= 15 is 0 Å². The first kappa shape index (κ1) is 17.7. The molecule has 2 aliphatic carbocycles. The lowest BCUT2D eigenvalue weighted by Crippen LogP contribution is -2.32. The number of urea groups is 1. The molecule has 0 bridgehead atoms. The number of rotatable bonds is 4. The van der Waals surface area contributed by atoms with Gasteiger partial charge in [-0.25, -0.2) is 14.0 Å². The molecule has 0 radical (unpaired) electrons. The number of hydrogen-bond acceptors (Lipinski definition) is 4. The Balaban J connectivity index is 1.56. The number of primary amides is 1. The Kier molecular flexibility index (Phi) is 4.65. The van der Waals surface area contributed by atoms with Crippen LogP contribution in [-0.2, 0) is 36.7 Å². The van der Waals surface area contributed by atoms with Crippen LogP contribution in [0.5, 0.6) is 0 Å². The maximum Gasteiger partial charge on any atom is 0.331 e. The Bertz CT molecular complexity index is 941. The Labute approximate surface area is 159 Å². The van der Waals surface area contributed by atoms with E-state index in [1.165, 1.54) is 40.6 Å². The van der Waals surface area contributed by atoms with Gasteiger partial charge in [-0.3, -0.25) is 9.52 Å². The molecule has 0 saturated heterocycles. The van der Waals surface area contributed by atoms with E-state index in [0.29, 0.717) is 0 Å². The van der Waals surface area contributed by atoms with Crippen LogP contribution in [0.3, 0.4) is 0 Å². The normalized spacial score (nSPS) is 15.7. The van der Waals surface area contributed by atoms with E-state index in [-0.39, 0.29) is 10.6 Å². The number of nitrogens with zero attached hydrogens (tertiary/aromatic N) is 1. The summed E-state index contributed by atoms with van der Waals surface area (Å²) in [4.78, 5) is 27.9. The Morgan fingerprint density at radius 3 is 2.37 bits per heavy atom. The number of nitrogens with one attached hydrogen (secondary N) is 2. The molecule has 8 heteroatoms. The van der Waals surface area contributed by atoms with E-state index < -0.39 is 22.9 Å². The molecular weight excluding hydrogens is 364 g/mol. The van der Waals surface area contributed by atoms with Crippen LogP contribution >= 0.6 is 0 Å². The number of aromatic nitrogens is 1. The van der Waals surface area contributed by atoms with Gasteiger partial charge in [0.25, 0.3) is 5.91 Å². The highest BCUT2D eigenvalue weighted by Gasteiger charge is 2.25. The Morgan fingerprint density at radius 1 is 1.07 bits per heavy atom. The molecule has 0 aliphatic heterocycles. The maximum absolute atomic E-state index is 12.5. The van der Waals surface area contributed by atoms with Gasteiger partial charge in [-0.1, -0.05) is 6.07 Å². The number of fused-ring (bicyclic) bond motifs is 2. The number of pyridine rings is 1. The second-order valence-corrected chi connectivity index (χ2v) is 7.95. The summed E-state index contributed by atoms with van der Waals surface area (Å²) < 4.78 is 14.9. The molecule has 3 amide bonds. The number of nitrogens with two attached hydrogens (primary N) is 1. The molecule has 1 aromatic carbocycles. The summed E-state index contributed by atoms with van der Waals surface area (Å²) in [5, 5.41) is 2.91. The van der Waals surface area contributed by atoms with E-state index in [9.17, 15) is 13.8 Å². The van der Waals surface area contributed by atoms with Crippen LogP contribution in [0, 0.1) is 0 Å². The second kappa shape index (κ2) is 7.11. The third-order valence-electron chi connectivity index (χ3n) is 5.10. The van der Waals surface area contributed by atoms with Crippen LogP contribution in [0.15, 0.2) is 29.3 Å². The molecule has 27 heavy (non-hydrogen) atoms. The number of carbonyl (C=O) groups excluding carboxylic acids is 2. The molecule has 140 valence electrons. The fourth-order valence-corrected chi connectivity index (χ4v) is 4.83. The molecule has 0 fully saturated rings. The number of aryl methyl sites for hydroxylation is 2. The van der Waals surface area contributed by atoms with Crippen molar-refractivity contribution >= 4 is 28.6 Å². The SMILES string of the molecule is NC(=O)c1ncccc1S(=O)NC(=O)Nc1c2c(cc3c1CCC3)CCC2. The molecule has 1 aromatic heterocycles. The van der Waals surface area contributed by atoms with Gasteiger partial charge in [0.1, 0.15) is 5.69 Å². The quantitative estimate of drug-likeness (QED) is 0.748. The van der Waals surface area contributed by atoms with Crippen LogP contribution in [0.1, 0.15) is 45.6 Å². The van der Waals surface area contributed by atoms with Crippen molar-refractivity contribution in [1.82, 2.24) is 9.71 Å². The molecule has 4 N–H and O–H groups in total. The zero-order chi connectivity index (χ0) is 19.0. The molecule has 1 unspecified atom stereocenters. The minimum absolute atomic E-state index is 0.0867. The molecular formula is C19H20N4O3S. The molecule has 2 aromatic rings. The number of anilines is 1. The predicted octanol–water partition coefficient (Wildman–Crippen LogP) is 2.00. The number of benzene rings is 1. The zero-order valence-corrected chi connectivity index (χ0v) is 15.5. The van der Waals surface area contributed by atoms with Crippen molar-refractivity contribution in [3.63, 3.8) is 0 Å². The Hall–Kier alpha value is -2.74. The second-order valence-electron chi connectivity index (χ2n) is 6.77. The summed E-state index contributed by atoms with van der Waals surface area (Å²) in [5.74, 6) is -0.792. The summed E-state index contributed by atoms with van der Waals surface area (Å²) in [6.07, 6.45) is 7.49. The van der Waals surface area contributed by atoms with Crippen LogP contribution in [0.25, 0.3) is 0 Å². The standard InChI is InChI=1S/C19H20N4O3S/c20-18(24)17-15(8-3-9-21-17)27(26)23-19(25)22-16-13-6-1-4-11(13)10-12-5-2-7-14(12)16/h3,8-10H,1-2,4-7H2,(H2,20,24)(H2,22,23,25). The lowest BCUT2D eigenvalue weighted by molar-refractivity contribution is 0.0992. The highest BCUT2D eigenvalue weighted by Crippen LogP contribution is 2.38. The van der Waals surface area contributed by atoms with Crippen molar-refractivity contribution in [3.05, 3.63) is 52.3 Å². The zero-order valence-electron chi connectivity index (χ0n) is 14.7. The molecule has 7 nitrogen and oxygen atoms in total. The maximum atomic E-state index is 12.5. The van der Waals surface area contributed by atoms with Crippen molar-refractivity contribution in [2.24, 2.45) is 5.73 Å². The lowest BCUT2D eigenvalue weighted by atomic mass is 9.99. The number of carbonyl (C=O) groups is 2. The van der Waals surface area contributed by atoms with Crippen LogP contribution in [0.4, 0.5) is 10.5 Å². The van der Waals surface area contributed by atoms with Crippen molar-refractivity contribution in [3.8, 4) is 0 Å². The highest BCUT2D eigenvalue weighted by atomic mass is 32.2.